The molecule has 102 valence electrons. The highest BCUT2D eigenvalue weighted by atomic mass is 35.5. The normalized spacial score (nSPS) is 11.7. The molecule has 1 aromatic carbocycles. The number of ether oxygens (including phenoxy) is 1. The van der Waals surface area contributed by atoms with Crippen LogP contribution in [-0.2, 0) is 9.53 Å². The van der Waals surface area contributed by atoms with Crippen molar-refractivity contribution in [2.75, 3.05) is 0 Å². The van der Waals surface area contributed by atoms with E-state index in [0.29, 0.717) is 0 Å². The van der Waals surface area contributed by atoms with E-state index >= 15 is 0 Å². The molecule has 1 unspecified atom stereocenters. The number of carboxylic acids is 1. The number of hydrogen-bond acceptors (Lipinski definition) is 5. The van der Waals surface area contributed by atoms with Gasteiger partial charge in [0.1, 0.15) is 6.10 Å². The maximum atomic E-state index is 11.7. The van der Waals surface area contributed by atoms with Crippen molar-refractivity contribution in [1.82, 2.24) is 0 Å². The summed E-state index contributed by atoms with van der Waals surface area (Å²) in [5.74, 6) is -2.02. The van der Waals surface area contributed by atoms with Crippen LogP contribution in [0.4, 0.5) is 5.69 Å². The van der Waals surface area contributed by atoms with Gasteiger partial charge in [-0.3, -0.25) is 14.9 Å². The Labute approximate surface area is 112 Å². The molecule has 0 heterocycles. The number of nitro groups is 1. The number of halogens is 1. The number of esters is 1. The van der Waals surface area contributed by atoms with Crippen molar-refractivity contribution in [3.8, 4) is 0 Å². The van der Waals surface area contributed by atoms with Crippen LogP contribution in [0.2, 0.25) is 5.02 Å². The smallest absolute Gasteiger partial charge is 0.340 e. The minimum atomic E-state index is -1.12. The van der Waals surface area contributed by atoms with Crippen LogP contribution >= 0.6 is 11.6 Å². The summed E-state index contributed by atoms with van der Waals surface area (Å²) < 4.78 is 4.84. The highest BCUT2D eigenvalue weighted by Gasteiger charge is 2.20. The quantitative estimate of drug-likeness (QED) is 0.506. The molecule has 1 aromatic rings. The molecule has 0 radical (unpaired) electrons. The zero-order valence-corrected chi connectivity index (χ0v) is 10.6. The number of nitro benzene ring substituents is 1. The Morgan fingerprint density at radius 1 is 1.53 bits per heavy atom. The van der Waals surface area contributed by atoms with Crippen LogP contribution in [0.3, 0.4) is 0 Å². The number of nitrogens with zero attached hydrogens (tertiary/aromatic N) is 1. The molecule has 19 heavy (non-hydrogen) atoms. The Bertz CT molecular complexity index is 530. The van der Waals surface area contributed by atoms with Gasteiger partial charge >= 0.3 is 11.9 Å². The van der Waals surface area contributed by atoms with E-state index < -0.39 is 23.0 Å². The Balaban J connectivity index is 2.90. The van der Waals surface area contributed by atoms with E-state index in [0.717, 1.165) is 12.1 Å². The maximum Gasteiger partial charge on any atom is 0.340 e. The zero-order chi connectivity index (χ0) is 14.6. The van der Waals surface area contributed by atoms with Gasteiger partial charge < -0.3 is 9.84 Å². The molecule has 0 amide bonds. The fourth-order valence-electron chi connectivity index (χ4n) is 1.32. The molecule has 8 heteroatoms. The number of carbonyl (C=O) groups is 2. The van der Waals surface area contributed by atoms with E-state index in [-0.39, 0.29) is 22.7 Å². The van der Waals surface area contributed by atoms with Gasteiger partial charge in [-0.25, -0.2) is 4.79 Å². The van der Waals surface area contributed by atoms with Crippen molar-refractivity contribution >= 4 is 29.2 Å². The lowest BCUT2D eigenvalue weighted by Gasteiger charge is -2.11. The summed E-state index contributed by atoms with van der Waals surface area (Å²) in [5, 5.41) is 19.1. The lowest BCUT2D eigenvalue weighted by molar-refractivity contribution is -0.384. The van der Waals surface area contributed by atoms with Crippen LogP contribution in [0.1, 0.15) is 23.7 Å². The van der Waals surface area contributed by atoms with Gasteiger partial charge in [-0.15, -0.1) is 0 Å². The fraction of sp³-hybridized carbons (Fsp3) is 0.273. The molecule has 1 atom stereocenters. The highest BCUT2D eigenvalue weighted by molar-refractivity contribution is 6.33. The van der Waals surface area contributed by atoms with Crippen LogP contribution in [0.25, 0.3) is 0 Å². The van der Waals surface area contributed by atoms with Crippen LogP contribution < -0.4 is 0 Å². The molecule has 7 nitrogen and oxygen atoms in total. The summed E-state index contributed by atoms with van der Waals surface area (Å²) in [5.41, 5.74) is -0.477. The first-order valence-corrected chi connectivity index (χ1v) is 5.55. The van der Waals surface area contributed by atoms with Crippen LogP contribution in [0, 0.1) is 10.1 Å². The van der Waals surface area contributed by atoms with E-state index in [1.54, 1.807) is 0 Å². The Hall–Kier alpha value is -2.15. The Morgan fingerprint density at radius 3 is 2.68 bits per heavy atom. The summed E-state index contributed by atoms with van der Waals surface area (Å²) in [6.45, 7) is 1.40. The average Bonchev–Trinajstić information content (AvgIpc) is 2.27. The first-order chi connectivity index (χ1) is 8.81. The van der Waals surface area contributed by atoms with Crippen LogP contribution in [0.15, 0.2) is 18.2 Å². The third kappa shape index (κ3) is 4.22. The lowest BCUT2D eigenvalue weighted by atomic mass is 10.2. The molecule has 0 bridgehead atoms. The van der Waals surface area contributed by atoms with Crippen LogP contribution in [0.5, 0.6) is 0 Å². The summed E-state index contributed by atoms with van der Waals surface area (Å²) in [6.07, 6.45) is -1.22. The van der Waals surface area contributed by atoms with E-state index in [2.05, 4.69) is 0 Å². The maximum absolute atomic E-state index is 11.7. The summed E-state index contributed by atoms with van der Waals surface area (Å²) in [7, 11) is 0. The van der Waals surface area contributed by atoms with E-state index in [1.165, 1.54) is 13.0 Å². The summed E-state index contributed by atoms with van der Waals surface area (Å²) >= 11 is 5.75. The van der Waals surface area contributed by atoms with Gasteiger partial charge in [0.15, 0.2) is 0 Å². The molecule has 0 aliphatic rings. The van der Waals surface area contributed by atoms with Gasteiger partial charge in [-0.1, -0.05) is 11.6 Å². The second-order valence-corrected chi connectivity index (χ2v) is 4.14. The molecule has 0 aromatic heterocycles. The number of carboxylic acid groups (broad SMARTS) is 1. The van der Waals surface area contributed by atoms with Gasteiger partial charge in [0, 0.05) is 12.1 Å². The van der Waals surface area contributed by atoms with E-state index in [1.807, 2.05) is 0 Å². The molecule has 1 rings (SSSR count). The Morgan fingerprint density at radius 2 is 2.16 bits per heavy atom. The van der Waals surface area contributed by atoms with Crippen molar-refractivity contribution in [3.63, 3.8) is 0 Å². The van der Waals surface area contributed by atoms with Crippen LogP contribution in [-0.4, -0.2) is 28.1 Å². The van der Waals surface area contributed by atoms with Gasteiger partial charge in [0.2, 0.25) is 0 Å². The average molecular weight is 288 g/mol. The highest BCUT2D eigenvalue weighted by Crippen LogP contribution is 2.23. The van der Waals surface area contributed by atoms with E-state index in [4.69, 9.17) is 21.4 Å². The molecule has 0 aliphatic carbocycles. The fourth-order valence-corrected chi connectivity index (χ4v) is 1.51. The standard InChI is InChI=1S/C11H10ClNO6/c1-6(4-10(14)15)19-11(16)8-5-7(13(17)18)2-3-9(8)12/h2-3,5-6H,4H2,1H3,(H,14,15). The second kappa shape index (κ2) is 6.14. The molecule has 0 saturated heterocycles. The number of hydrogen-bond donors (Lipinski definition) is 1. The number of aliphatic carboxylic acids is 1. The third-order valence-electron chi connectivity index (χ3n) is 2.15. The molecule has 0 saturated carbocycles. The largest absolute Gasteiger partial charge is 0.481 e. The molecule has 0 aliphatic heterocycles. The van der Waals surface area contributed by atoms with E-state index in [9.17, 15) is 19.7 Å². The zero-order valence-electron chi connectivity index (χ0n) is 9.83. The first-order valence-electron chi connectivity index (χ1n) is 5.18. The summed E-state index contributed by atoms with van der Waals surface area (Å²) in [4.78, 5) is 32.1. The lowest BCUT2D eigenvalue weighted by Crippen LogP contribution is -2.18. The summed E-state index contributed by atoms with van der Waals surface area (Å²) in [6, 6.07) is 3.34. The second-order valence-electron chi connectivity index (χ2n) is 3.74. The number of rotatable bonds is 5. The topological polar surface area (TPSA) is 107 Å². The number of benzene rings is 1. The van der Waals surface area contributed by atoms with Crippen molar-refractivity contribution in [3.05, 3.63) is 38.9 Å². The first kappa shape index (κ1) is 14.9. The number of non-ortho nitro benzene ring substituents is 1. The van der Waals surface area contributed by atoms with Crippen molar-refractivity contribution in [1.29, 1.82) is 0 Å². The third-order valence-corrected chi connectivity index (χ3v) is 2.48. The van der Waals surface area contributed by atoms with Crippen molar-refractivity contribution in [2.24, 2.45) is 0 Å². The molecule has 1 N–H and O–H groups in total. The van der Waals surface area contributed by atoms with Gasteiger partial charge in [-0.2, -0.15) is 0 Å². The molecular weight excluding hydrogens is 278 g/mol. The van der Waals surface area contributed by atoms with Gasteiger partial charge in [-0.05, 0) is 13.0 Å². The molecule has 0 fully saturated rings. The van der Waals surface area contributed by atoms with Crippen molar-refractivity contribution < 1.29 is 24.4 Å². The minimum Gasteiger partial charge on any atom is -0.481 e. The Kier molecular flexibility index (Phi) is 4.82. The minimum absolute atomic E-state index is 0.00174. The SMILES string of the molecule is CC(CC(=O)O)OC(=O)c1cc([N+](=O)[O-])ccc1Cl. The number of carbonyl (C=O) groups excluding carboxylic acids is 1. The van der Waals surface area contributed by atoms with Gasteiger partial charge in [0.25, 0.3) is 5.69 Å². The molecule has 0 spiro atoms. The van der Waals surface area contributed by atoms with Crippen molar-refractivity contribution in [2.45, 2.75) is 19.4 Å². The van der Waals surface area contributed by atoms with Gasteiger partial charge in [0.05, 0.1) is 21.9 Å². The predicted octanol–water partition coefficient (Wildman–Crippen LogP) is 2.27. The predicted molar refractivity (Wildman–Crippen MR) is 65.2 cm³/mol. The molecular formula is C11H10ClNO6. The monoisotopic (exact) mass is 287 g/mol.